The van der Waals surface area contributed by atoms with Crippen molar-refractivity contribution < 1.29 is 9.53 Å². The van der Waals surface area contributed by atoms with Crippen LogP contribution in [0.4, 0.5) is 10.8 Å². The Bertz CT molecular complexity index is 875. The maximum atomic E-state index is 11.4. The normalized spacial score (nSPS) is 10.4. The van der Waals surface area contributed by atoms with E-state index in [1.807, 2.05) is 60.8 Å². The Morgan fingerprint density at radius 2 is 1.92 bits per heavy atom. The van der Waals surface area contributed by atoms with Crippen LogP contribution in [-0.2, 0) is 11.3 Å². The molecule has 0 radical (unpaired) electrons. The Kier molecular flexibility index (Phi) is 5.86. The van der Waals surface area contributed by atoms with Crippen LogP contribution < -0.4 is 15.4 Å². The van der Waals surface area contributed by atoms with E-state index in [0.29, 0.717) is 13.0 Å². The van der Waals surface area contributed by atoms with Crippen molar-refractivity contribution in [3.63, 3.8) is 0 Å². The zero-order chi connectivity index (χ0) is 18.4. The van der Waals surface area contributed by atoms with Crippen LogP contribution in [0, 0.1) is 0 Å². The zero-order valence-electron chi connectivity index (χ0n) is 14.8. The molecule has 0 bridgehead atoms. The molecule has 0 saturated carbocycles. The molecule has 0 aliphatic heterocycles. The number of thiazole rings is 1. The molecule has 3 aromatic rings. The molecule has 3 rings (SSSR count). The Balaban J connectivity index is 1.65. The van der Waals surface area contributed by atoms with Gasteiger partial charge in [0.1, 0.15) is 5.75 Å². The molecule has 134 valence electrons. The van der Waals surface area contributed by atoms with Gasteiger partial charge in [0.15, 0.2) is 5.13 Å². The Morgan fingerprint density at radius 1 is 1.15 bits per heavy atom. The molecule has 0 aliphatic carbocycles. The van der Waals surface area contributed by atoms with E-state index in [2.05, 4.69) is 15.6 Å². The highest BCUT2D eigenvalue weighted by Gasteiger charge is 2.07. The molecule has 1 aromatic heterocycles. The minimum Gasteiger partial charge on any atom is -0.496 e. The van der Waals surface area contributed by atoms with Gasteiger partial charge in [-0.2, -0.15) is 0 Å². The molecule has 6 heteroatoms. The molecule has 1 heterocycles. The summed E-state index contributed by atoms with van der Waals surface area (Å²) in [5, 5.41) is 9.06. The number of aromatic nitrogens is 1. The lowest BCUT2D eigenvalue weighted by Crippen LogP contribution is -2.08. The van der Waals surface area contributed by atoms with E-state index in [1.54, 1.807) is 18.4 Å². The highest BCUT2D eigenvalue weighted by atomic mass is 32.1. The Morgan fingerprint density at radius 3 is 2.65 bits per heavy atom. The fourth-order valence-corrected chi connectivity index (χ4v) is 3.20. The number of nitrogens with one attached hydrogen (secondary N) is 2. The second-order valence-corrected chi connectivity index (χ2v) is 6.54. The smallest absolute Gasteiger partial charge is 0.224 e. The van der Waals surface area contributed by atoms with Crippen molar-refractivity contribution in [2.24, 2.45) is 0 Å². The summed E-state index contributed by atoms with van der Waals surface area (Å²) in [7, 11) is 1.67. The summed E-state index contributed by atoms with van der Waals surface area (Å²) in [5.74, 6) is 0.871. The molecule has 0 aliphatic rings. The third-order valence-electron chi connectivity index (χ3n) is 3.91. The predicted octanol–water partition coefficient (Wildman–Crippen LogP) is 4.78. The maximum absolute atomic E-state index is 11.4. The summed E-state index contributed by atoms with van der Waals surface area (Å²) in [6.45, 7) is 2.48. The number of ether oxygens (including phenoxy) is 1. The van der Waals surface area contributed by atoms with Crippen molar-refractivity contribution in [2.75, 3.05) is 17.7 Å². The first kappa shape index (κ1) is 17.9. The highest BCUT2D eigenvalue weighted by molar-refractivity contribution is 7.14. The Hall–Kier alpha value is -2.86. The van der Waals surface area contributed by atoms with Crippen LogP contribution in [0.2, 0.25) is 0 Å². The third kappa shape index (κ3) is 4.40. The van der Waals surface area contributed by atoms with Gasteiger partial charge in [0.25, 0.3) is 0 Å². The highest BCUT2D eigenvalue weighted by Crippen LogP contribution is 2.27. The van der Waals surface area contributed by atoms with Crippen molar-refractivity contribution >= 4 is 28.1 Å². The molecule has 2 N–H and O–H groups in total. The van der Waals surface area contributed by atoms with Crippen LogP contribution >= 0.6 is 11.3 Å². The number of hydrogen-bond acceptors (Lipinski definition) is 5. The monoisotopic (exact) mass is 367 g/mol. The maximum Gasteiger partial charge on any atom is 0.224 e. The largest absolute Gasteiger partial charge is 0.496 e. The molecule has 0 atom stereocenters. The van der Waals surface area contributed by atoms with E-state index in [0.717, 1.165) is 33.4 Å². The first-order chi connectivity index (χ1) is 12.7. The van der Waals surface area contributed by atoms with Crippen LogP contribution in [0.1, 0.15) is 18.9 Å². The minimum atomic E-state index is 0.00855. The molecule has 2 aromatic carbocycles. The van der Waals surface area contributed by atoms with Gasteiger partial charge in [-0.05, 0) is 18.2 Å². The van der Waals surface area contributed by atoms with Gasteiger partial charge >= 0.3 is 0 Å². The number of nitrogens with zero attached hydrogens (tertiary/aromatic N) is 1. The standard InChI is InChI=1S/C20H21N3O2S/c1-3-19(24)22-16-10-8-14(9-11-16)17-13-26-20(23-17)21-12-15-6-4-5-7-18(15)25-2/h4-11,13H,3,12H2,1-2H3,(H,21,23)(H,22,24). The fraction of sp³-hybridized carbons (Fsp3) is 0.200. The average Bonchev–Trinajstić information content (AvgIpc) is 3.16. The lowest BCUT2D eigenvalue weighted by Gasteiger charge is -2.08. The number of para-hydroxylation sites is 1. The molecule has 0 unspecified atom stereocenters. The van der Waals surface area contributed by atoms with Crippen molar-refractivity contribution in [3.8, 4) is 17.0 Å². The molecule has 1 amide bonds. The number of rotatable bonds is 7. The lowest BCUT2D eigenvalue weighted by atomic mass is 10.1. The van der Waals surface area contributed by atoms with Crippen LogP contribution in [0.15, 0.2) is 53.9 Å². The number of amides is 1. The molecule has 0 spiro atoms. The van der Waals surface area contributed by atoms with E-state index >= 15 is 0 Å². The van der Waals surface area contributed by atoms with E-state index < -0.39 is 0 Å². The first-order valence-electron chi connectivity index (χ1n) is 8.41. The summed E-state index contributed by atoms with van der Waals surface area (Å²) in [5.41, 5.74) is 3.81. The molecule has 0 fully saturated rings. The number of hydrogen-bond donors (Lipinski definition) is 2. The average molecular weight is 367 g/mol. The van der Waals surface area contributed by atoms with Crippen molar-refractivity contribution in [1.29, 1.82) is 0 Å². The number of carbonyl (C=O) groups excluding carboxylic acids is 1. The van der Waals surface area contributed by atoms with Gasteiger partial charge in [0, 0.05) is 35.2 Å². The topological polar surface area (TPSA) is 63.2 Å². The summed E-state index contributed by atoms with van der Waals surface area (Å²) < 4.78 is 5.37. The van der Waals surface area contributed by atoms with E-state index in [-0.39, 0.29) is 5.91 Å². The summed E-state index contributed by atoms with van der Waals surface area (Å²) in [4.78, 5) is 16.1. The van der Waals surface area contributed by atoms with Gasteiger partial charge in [0.2, 0.25) is 5.91 Å². The number of carbonyl (C=O) groups is 1. The van der Waals surface area contributed by atoms with Crippen LogP contribution in [0.3, 0.4) is 0 Å². The van der Waals surface area contributed by atoms with Crippen molar-refractivity contribution in [3.05, 3.63) is 59.5 Å². The van der Waals surface area contributed by atoms with Gasteiger partial charge in [-0.25, -0.2) is 4.98 Å². The molecule has 5 nitrogen and oxygen atoms in total. The fourth-order valence-electron chi connectivity index (χ4n) is 2.48. The second kappa shape index (κ2) is 8.49. The van der Waals surface area contributed by atoms with Gasteiger partial charge in [-0.1, -0.05) is 37.3 Å². The molecular weight excluding hydrogens is 346 g/mol. The lowest BCUT2D eigenvalue weighted by molar-refractivity contribution is -0.115. The van der Waals surface area contributed by atoms with E-state index in [9.17, 15) is 4.79 Å². The number of anilines is 2. The van der Waals surface area contributed by atoms with Gasteiger partial charge in [0.05, 0.1) is 12.8 Å². The SMILES string of the molecule is CCC(=O)Nc1ccc(-c2csc(NCc3ccccc3OC)n2)cc1. The van der Waals surface area contributed by atoms with Crippen LogP contribution in [-0.4, -0.2) is 18.0 Å². The van der Waals surface area contributed by atoms with Gasteiger partial charge in [-0.3, -0.25) is 4.79 Å². The quantitative estimate of drug-likeness (QED) is 0.631. The number of methoxy groups -OCH3 is 1. The zero-order valence-corrected chi connectivity index (χ0v) is 15.6. The number of benzene rings is 2. The van der Waals surface area contributed by atoms with Crippen LogP contribution in [0.5, 0.6) is 5.75 Å². The van der Waals surface area contributed by atoms with Gasteiger partial charge < -0.3 is 15.4 Å². The predicted molar refractivity (Wildman–Crippen MR) is 107 cm³/mol. The first-order valence-corrected chi connectivity index (χ1v) is 9.29. The van der Waals surface area contributed by atoms with Gasteiger partial charge in [-0.15, -0.1) is 11.3 Å². The van der Waals surface area contributed by atoms with E-state index in [4.69, 9.17) is 4.74 Å². The molecule has 0 saturated heterocycles. The molecule has 26 heavy (non-hydrogen) atoms. The second-order valence-electron chi connectivity index (χ2n) is 5.68. The summed E-state index contributed by atoms with van der Waals surface area (Å²) in [6, 6.07) is 15.6. The molecular formula is C20H21N3O2S. The van der Waals surface area contributed by atoms with E-state index in [1.165, 1.54) is 0 Å². The third-order valence-corrected chi connectivity index (χ3v) is 4.71. The summed E-state index contributed by atoms with van der Waals surface area (Å²) in [6.07, 6.45) is 0.467. The summed E-state index contributed by atoms with van der Waals surface area (Å²) >= 11 is 1.56. The Labute approximate surface area is 157 Å². The van der Waals surface area contributed by atoms with Crippen LogP contribution in [0.25, 0.3) is 11.3 Å². The van der Waals surface area contributed by atoms with Crippen molar-refractivity contribution in [2.45, 2.75) is 19.9 Å². The minimum absolute atomic E-state index is 0.00855. The van der Waals surface area contributed by atoms with Crippen molar-refractivity contribution in [1.82, 2.24) is 4.98 Å².